The van der Waals surface area contributed by atoms with E-state index in [2.05, 4.69) is 56.5 Å². The second kappa shape index (κ2) is 9.14. The van der Waals surface area contributed by atoms with E-state index in [0.717, 1.165) is 65.6 Å². The summed E-state index contributed by atoms with van der Waals surface area (Å²) >= 11 is 0. The van der Waals surface area contributed by atoms with Gasteiger partial charge in [0.2, 0.25) is 0 Å². The van der Waals surface area contributed by atoms with Crippen LogP contribution in [-0.4, -0.2) is 41.1 Å². The van der Waals surface area contributed by atoms with Crippen molar-refractivity contribution in [3.63, 3.8) is 0 Å². The summed E-state index contributed by atoms with van der Waals surface area (Å²) in [6.07, 6.45) is 5.94. The summed E-state index contributed by atoms with van der Waals surface area (Å²) in [7, 11) is 0. The number of nitrogens with zero attached hydrogens (tertiary/aromatic N) is 5. The number of nitrogens with one attached hydrogen (secondary N) is 1. The third-order valence-corrected chi connectivity index (χ3v) is 8.16. The van der Waals surface area contributed by atoms with E-state index in [1.807, 2.05) is 24.3 Å². The summed E-state index contributed by atoms with van der Waals surface area (Å²) in [6, 6.07) is 16.4. The lowest BCUT2D eigenvalue weighted by atomic mass is 9.77. The summed E-state index contributed by atoms with van der Waals surface area (Å²) in [5.74, 6) is -0.278. The molecule has 2 aromatic carbocycles. The number of rotatable bonds is 8. The van der Waals surface area contributed by atoms with Crippen LogP contribution in [0, 0.1) is 0 Å². The second-order valence-corrected chi connectivity index (χ2v) is 10.2. The first-order valence-electron chi connectivity index (χ1n) is 13.0. The first-order valence-corrected chi connectivity index (χ1v) is 13.0. The van der Waals surface area contributed by atoms with Gasteiger partial charge in [-0.3, -0.25) is 9.48 Å². The van der Waals surface area contributed by atoms with Crippen LogP contribution in [-0.2, 0) is 23.2 Å². The van der Waals surface area contributed by atoms with E-state index in [-0.39, 0.29) is 11.6 Å². The van der Waals surface area contributed by atoms with Crippen molar-refractivity contribution in [3.05, 3.63) is 75.7 Å². The van der Waals surface area contributed by atoms with Gasteiger partial charge in [-0.2, -0.15) is 0 Å². The zero-order valence-electron chi connectivity index (χ0n) is 20.9. The molecule has 9 nitrogen and oxygen atoms in total. The van der Waals surface area contributed by atoms with Gasteiger partial charge in [-0.15, -0.1) is 5.10 Å². The van der Waals surface area contributed by atoms with Gasteiger partial charge in [-0.25, -0.2) is 14.6 Å². The minimum atomic E-state index is -1.12. The van der Waals surface area contributed by atoms with Gasteiger partial charge < -0.3 is 5.11 Å². The molecule has 37 heavy (non-hydrogen) atoms. The van der Waals surface area contributed by atoms with Crippen LogP contribution in [0.15, 0.2) is 53.3 Å². The maximum absolute atomic E-state index is 13.8. The second-order valence-electron chi connectivity index (χ2n) is 10.2. The van der Waals surface area contributed by atoms with Crippen LogP contribution in [0.5, 0.6) is 0 Å². The quantitative estimate of drug-likeness (QED) is 0.373. The number of aliphatic carboxylic acids is 1. The highest BCUT2D eigenvalue weighted by molar-refractivity contribution is 5.80. The van der Waals surface area contributed by atoms with Crippen LogP contribution in [0.4, 0.5) is 0 Å². The molecule has 2 aliphatic heterocycles. The molecular formula is C28H30N6O3. The number of hydrogen-bond acceptors (Lipinski definition) is 5. The first kappa shape index (κ1) is 23.4. The van der Waals surface area contributed by atoms with Crippen LogP contribution >= 0.6 is 0 Å². The molecule has 0 saturated heterocycles. The minimum absolute atomic E-state index is 0.134. The van der Waals surface area contributed by atoms with Gasteiger partial charge >= 0.3 is 5.97 Å². The van der Waals surface area contributed by atoms with Gasteiger partial charge in [0.05, 0.1) is 6.04 Å². The van der Waals surface area contributed by atoms with E-state index in [4.69, 9.17) is 0 Å². The average Bonchev–Trinajstić information content (AvgIpc) is 3.57. The van der Waals surface area contributed by atoms with Crippen molar-refractivity contribution in [2.45, 2.75) is 69.9 Å². The molecular weight excluding hydrogens is 468 g/mol. The molecule has 1 saturated carbocycles. The monoisotopic (exact) mass is 498 g/mol. The lowest BCUT2D eigenvalue weighted by molar-refractivity contribution is -0.155. The van der Waals surface area contributed by atoms with Gasteiger partial charge in [-0.1, -0.05) is 61.9 Å². The Kier molecular flexibility index (Phi) is 5.78. The van der Waals surface area contributed by atoms with Gasteiger partial charge in [0.15, 0.2) is 11.4 Å². The predicted molar refractivity (Wildman–Crippen MR) is 138 cm³/mol. The molecule has 2 N–H and O–H groups in total. The average molecular weight is 499 g/mol. The molecule has 0 amide bonds. The Hall–Kier alpha value is -4.01. The fourth-order valence-corrected chi connectivity index (χ4v) is 6.24. The molecule has 0 atom stereocenters. The van der Waals surface area contributed by atoms with E-state index in [1.54, 1.807) is 4.68 Å². The van der Waals surface area contributed by atoms with E-state index in [0.29, 0.717) is 25.1 Å². The number of carboxylic acid groups (broad SMARTS) is 1. The number of benzene rings is 2. The van der Waals surface area contributed by atoms with Crippen molar-refractivity contribution < 1.29 is 9.90 Å². The Morgan fingerprint density at radius 1 is 1.11 bits per heavy atom. The Labute approximate surface area is 214 Å². The fraction of sp³-hybridized carbons (Fsp3) is 0.393. The van der Waals surface area contributed by atoms with Gasteiger partial charge in [0.1, 0.15) is 0 Å². The van der Waals surface area contributed by atoms with Gasteiger partial charge in [0, 0.05) is 23.2 Å². The van der Waals surface area contributed by atoms with E-state index in [1.165, 1.54) is 0 Å². The number of aromatic nitrogens is 6. The van der Waals surface area contributed by atoms with Crippen molar-refractivity contribution in [3.8, 4) is 22.5 Å². The van der Waals surface area contributed by atoms with Crippen LogP contribution in [0.1, 0.15) is 68.3 Å². The fourth-order valence-electron chi connectivity index (χ4n) is 6.24. The number of carbonyl (C=O) groups is 1. The predicted octanol–water partition coefficient (Wildman–Crippen LogP) is 4.34. The van der Waals surface area contributed by atoms with Crippen LogP contribution in [0.25, 0.3) is 22.5 Å². The lowest BCUT2D eigenvalue weighted by Crippen LogP contribution is -2.56. The number of unbranched alkanes of at least 4 members (excludes halogenated alkanes) is 1. The largest absolute Gasteiger partial charge is 0.479 e. The standard InChI is InChI=1S/C28H30N6O3/c1-2-3-8-24-23(26(35)34-28(27(36)37)15-13-20(14-16-28)33(24)34)17-18-9-11-19(12-10-18)21-6-4-5-7-22(21)25-29-31-32-30-25/h4-7,9-12,20H,2-3,8,13-17H2,1H3,(H,36,37)(H,29,30,31,32). The Bertz CT molecular complexity index is 1490. The molecule has 1 fully saturated rings. The summed E-state index contributed by atoms with van der Waals surface area (Å²) in [4.78, 5) is 26.3. The number of carboxylic acids is 1. The van der Waals surface area contributed by atoms with Gasteiger partial charge in [0.25, 0.3) is 5.56 Å². The maximum Gasteiger partial charge on any atom is 0.331 e. The van der Waals surface area contributed by atoms with Crippen molar-refractivity contribution in [2.24, 2.45) is 0 Å². The van der Waals surface area contributed by atoms with Gasteiger partial charge in [-0.05, 0) is 65.6 Å². The topological polar surface area (TPSA) is 119 Å². The number of H-pyrrole nitrogens is 1. The Morgan fingerprint density at radius 3 is 2.49 bits per heavy atom. The third-order valence-electron chi connectivity index (χ3n) is 8.16. The summed E-state index contributed by atoms with van der Waals surface area (Å²) in [5.41, 5.74) is 4.49. The number of fused-ring (bicyclic) bond motifs is 2. The molecule has 7 rings (SSSR count). The smallest absolute Gasteiger partial charge is 0.331 e. The van der Waals surface area contributed by atoms with Crippen LogP contribution in [0.3, 0.4) is 0 Å². The van der Waals surface area contributed by atoms with Crippen molar-refractivity contribution >= 4 is 5.97 Å². The normalized spacial score (nSPS) is 20.2. The molecule has 190 valence electrons. The Morgan fingerprint density at radius 2 is 1.84 bits per heavy atom. The highest BCUT2D eigenvalue weighted by atomic mass is 16.4. The third kappa shape index (κ3) is 3.72. The number of tetrazole rings is 1. The van der Waals surface area contributed by atoms with Crippen LogP contribution < -0.4 is 5.56 Å². The SMILES string of the molecule is CCCCc1c(Cc2ccc(-c3ccccc3-c3nnn[nH]3)cc2)c(=O)n2n1C1CCC2(C(=O)O)CC1. The molecule has 2 bridgehead atoms. The molecule has 0 unspecified atom stereocenters. The first-order chi connectivity index (χ1) is 18.0. The molecule has 1 aliphatic carbocycles. The van der Waals surface area contributed by atoms with E-state index in [9.17, 15) is 14.7 Å². The minimum Gasteiger partial charge on any atom is -0.479 e. The van der Waals surface area contributed by atoms with Crippen molar-refractivity contribution in [1.82, 2.24) is 30.0 Å². The van der Waals surface area contributed by atoms with E-state index < -0.39 is 11.5 Å². The molecule has 0 radical (unpaired) electrons. The number of aromatic amines is 1. The zero-order chi connectivity index (χ0) is 25.6. The molecule has 9 heteroatoms. The maximum atomic E-state index is 13.8. The molecule has 4 heterocycles. The zero-order valence-corrected chi connectivity index (χ0v) is 20.9. The molecule has 2 aromatic heterocycles. The Balaban J connectivity index is 1.38. The summed E-state index contributed by atoms with van der Waals surface area (Å²) in [6.45, 7) is 2.14. The highest BCUT2D eigenvalue weighted by Gasteiger charge is 2.52. The molecule has 3 aliphatic rings. The van der Waals surface area contributed by atoms with Crippen molar-refractivity contribution in [1.29, 1.82) is 0 Å². The highest BCUT2D eigenvalue weighted by Crippen LogP contribution is 2.46. The summed E-state index contributed by atoms with van der Waals surface area (Å²) < 4.78 is 3.69. The van der Waals surface area contributed by atoms with Crippen LogP contribution in [0.2, 0.25) is 0 Å². The molecule has 4 aromatic rings. The summed E-state index contributed by atoms with van der Waals surface area (Å²) in [5, 5.41) is 24.5. The lowest BCUT2D eigenvalue weighted by Gasteiger charge is -2.46. The molecule has 0 spiro atoms. The number of hydrogen-bond donors (Lipinski definition) is 2. The van der Waals surface area contributed by atoms with Crippen molar-refractivity contribution in [2.75, 3.05) is 0 Å². The van der Waals surface area contributed by atoms with E-state index >= 15 is 0 Å².